The molecule has 0 unspecified atom stereocenters. The van der Waals surface area contributed by atoms with Crippen LogP contribution in [0.25, 0.3) is 0 Å². The van der Waals surface area contributed by atoms with E-state index in [2.05, 4.69) is 95.8 Å². The lowest BCUT2D eigenvalue weighted by molar-refractivity contribution is 0.0283. The minimum absolute atomic E-state index is 0.0771. The predicted molar refractivity (Wildman–Crippen MR) is 165 cm³/mol. The van der Waals surface area contributed by atoms with Crippen LogP contribution >= 0.6 is 0 Å². The van der Waals surface area contributed by atoms with Crippen molar-refractivity contribution in [2.24, 2.45) is 0 Å². The maximum absolute atomic E-state index is 14.3. The summed E-state index contributed by atoms with van der Waals surface area (Å²) in [5.74, 6) is 1.72. The summed E-state index contributed by atoms with van der Waals surface area (Å²) in [6.07, 6.45) is 0. The van der Waals surface area contributed by atoms with Crippen LogP contribution < -0.4 is 14.5 Å². The largest absolute Gasteiger partial charge is 0.456 e. The normalized spacial score (nSPS) is 17.2. The van der Waals surface area contributed by atoms with Gasteiger partial charge in [-0.15, -0.1) is 0 Å². The summed E-state index contributed by atoms with van der Waals surface area (Å²) in [5.41, 5.74) is 5.34. The first-order valence-corrected chi connectivity index (χ1v) is 15.2. The number of ether oxygens (including phenoxy) is 2. The van der Waals surface area contributed by atoms with E-state index in [1.54, 1.807) is 0 Å². The van der Waals surface area contributed by atoms with Crippen molar-refractivity contribution >= 4 is 17.3 Å². The number of morpholine rings is 1. The van der Waals surface area contributed by atoms with E-state index in [1.165, 1.54) is 0 Å². The third kappa shape index (κ3) is 4.46. The molecule has 7 heteroatoms. The summed E-state index contributed by atoms with van der Waals surface area (Å²) >= 11 is 0. The Morgan fingerprint density at radius 2 is 1.29 bits per heavy atom. The molecule has 1 spiro atoms. The highest BCUT2D eigenvalue weighted by molar-refractivity contribution is 6.02. The van der Waals surface area contributed by atoms with Gasteiger partial charge < -0.3 is 24.2 Å². The molecule has 6 rings (SSSR count). The molecule has 7 nitrogen and oxygen atoms in total. The average molecular weight is 555 g/mol. The molecule has 216 valence electrons. The Kier molecular flexibility index (Phi) is 7.66. The van der Waals surface area contributed by atoms with Gasteiger partial charge in [-0.05, 0) is 51.5 Å². The van der Waals surface area contributed by atoms with Gasteiger partial charge in [0.2, 0.25) is 0 Å². The molecule has 3 aromatic rings. The molecule has 0 bridgehead atoms. The van der Waals surface area contributed by atoms with Gasteiger partial charge in [0, 0.05) is 92.6 Å². The van der Waals surface area contributed by atoms with Gasteiger partial charge in [0.1, 0.15) is 17.0 Å². The van der Waals surface area contributed by atoms with Gasteiger partial charge in [0.05, 0.1) is 13.2 Å². The minimum atomic E-state index is -0.771. The van der Waals surface area contributed by atoms with E-state index in [-0.39, 0.29) is 5.91 Å². The smallest absolute Gasteiger partial charge is 0.255 e. The second-order valence-corrected chi connectivity index (χ2v) is 11.0. The van der Waals surface area contributed by atoms with Crippen molar-refractivity contribution in [1.29, 1.82) is 0 Å². The molecule has 1 fully saturated rings. The Morgan fingerprint density at radius 3 is 1.85 bits per heavy atom. The van der Waals surface area contributed by atoms with Crippen molar-refractivity contribution in [2.75, 3.05) is 75.4 Å². The third-order valence-electron chi connectivity index (χ3n) is 9.13. The number of hydrogen-bond donors (Lipinski definition) is 0. The Hall–Kier alpha value is -3.55. The van der Waals surface area contributed by atoms with Gasteiger partial charge >= 0.3 is 0 Å². The van der Waals surface area contributed by atoms with Crippen LogP contribution in [0.2, 0.25) is 0 Å². The summed E-state index contributed by atoms with van der Waals surface area (Å²) in [5, 5.41) is 0. The number of nitrogens with zero attached hydrogens (tertiary/aromatic N) is 4. The van der Waals surface area contributed by atoms with Gasteiger partial charge in [-0.3, -0.25) is 9.69 Å². The van der Waals surface area contributed by atoms with Crippen LogP contribution in [0.3, 0.4) is 0 Å². The molecule has 0 saturated carbocycles. The van der Waals surface area contributed by atoms with E-state index in [0.29, 0.717) is 6.54 Å². The molecule has 0 N–H and O–H groups in total. The monoisotopic (exact) mass is 554 g/mol. The third-order valence-corrected chi connectivity index (χ3v) is 9.13. The first-order valence-electron chi connectivity index (χ1n) is 15.2. The summed E-state index contributed by atoms with van der Waals surface area (Å²) < 4.78 is 12.4. The lowest BCUT2D eigenvalue weighted by Crippen LogP contribution is -2.51. The summed E-state index contributed by atoms with van der Waals surface area (Å²) in [7, 11) is 0. The van der Waals surface area contributed by atoms with Crippen molar-refractivity contribution in [3.63, 3.8) is 0 Å². The number of hydrogen-bond acceptors (Lipinski definition) is 6. The molecular formula is C34H42N4O3. The van der Waals surface area contributed by atoms with Crippen LogP contribution in [0.15, 0.2) is 60.7 Å². The molecule has 0 aliphatic carbocycles. The highest BCUT2D eigenvalue weighted by atomic mass is 16.5. The number of rotatable bonds is 9. The molecule has 3 heterocycles. The molecule has 3 aromatic carbocycles. The van der Waals surface area contributed by atoms with Crippen molar-refractivity contribution in [3.05, 3.63) is 82.9 Å². The van der Waals surface area contributed by atoms with Crippen LogP contribution in [0.5, 0.6) is 11.5 Å². The molecule has 0 radical (unpaired) electrons. The fourth-order valence-electron chi connectivity index (χ4n) is 6.97. The zero-order chi connectivity index (χ0) is 28.6. The number of amides is 1. The number of fused-ring (bicyclic) bond motifs is 6. The van der Waals surface area contributed by atoms with Gasteiger partial charge in [-0.1, -0.05) is 30.3 Å². The van der Waals surface area contributed by atoms with Crippen LogP contribution in [-0.4, -0.2) is 81.3 Å². The standard InChI is InChI=1S/C34H42N4O3/c1-5-36(6-2)25-13-15-29-31(23-25)41-32-24-26(37(7-3)8-4)14-16-30(32)34(29)28-12-10-9-11-27(28)33(39)38(34)18-17-35-19-21-40-22-20-35/h9-16,23-24H,5-8,17-22H2,1-4H3. The second-order valence-electron chi connectivity index (χ2n) is 11.0. The molecule has 3 aliphatic rings. The number of anilines is 2. The Morgan fingerprint density at radius 1 is 0.732 bits per heavy atom. The predicted octanol–water partition coefficient (Wildman–Crippen LogP) is 5.56. The highest BCUT2D eigenvalue weighted by Crippen LogP contribution is 2.58. The van der Waals surface area contributed by atoms with E-state index in [0.717, 1.165) is 104 Å². The molecular weight excluding hydrogens is 512 g/mol. The average Bonchev–Trinajstić information content (AvgIpc) is 3.25. The summed E-state index contributed by atoms with van der Waals surface area (Å²) in [6.45, 7) is 17.0. The molecule has 0 atom stereocenters. The first kappa shape index (κ1) is 27.6. The zero-order valence-corrected chi connectivity index (χ0v) is 24.9. The number of benzene rings is 3. The Labute approximate surface area is 244 Å². The molecule has 1 saturated heterocycles. The number of carbonyl (C=O) groups excluding carboxylic acids is 1. The van der Waals surface area contributed by atoms with Gasteiger partial charge in [-0.25, -0.2) is 0 Å². The molecule has 1 amide bonds. The van der Waals surface area contributed by atoms with E-state index in [9.17, 15) is 4.79 Å². The lowest BCUT2D eigenvalue weighted by atomic mass is 9.74. The van der Waals surface area contributed by atoms with Gasteiger partial charge in [0.25, 0.3) is 5.91 Å². The van der Waals surface area contributed by atoms with E-state index in [1.807, 2.05) is 12.1 Å². The van der Waals surface area contributed by atoms with Crippen molar-refractivity contribution in [2.45, 2.75) is 33.2 Å². The maximum atomic E-state index is 14.3. The fraction of sp³-hybridized carbons (Fsp3) is 0.441. The zero-order valence-electron chi connectivity index (χ0n) is 24.9. The Balaban J connectivity index is 1.57. The van der Waals surface area contributed by atoms with Crippen LogP contribution in [0.1, 0.15) is 54.7 Å². The highest BCUT2D eigenvalue weighted by Gasteiger charge is 2.56. The Bertz CT molecular complexity index is 1350. The SMILES string of the molecule is CCN(CC)c1ccc2c(c1)Oc1cc(N(CC)CC)ccc1C21c2ccccc2C(=O)N1CCN1CCOCC1. The van der Waals surface area contributed by atoms with Gasteiger partial charge in [-0.2, -0.15) is 0 Å². The summed E-state index contributed by atoms with van der Waals surface area (Å²) in [6, 6.07) is 21.3. The van der Waals surface area contributed by atoms with Crippen LogP contribution in [-0.2, 0) is 10.3 Å². The van der Waals surface area contributed by atoms with Crippen LogP contribution in [0.4, 0.5) is 11.4 Å². The first-order chi connectivity index (χ1) is 20.1. The minimum Gasteiger partial charge on any atom is -0.456 e. The van der Waals surface area contributed by atoms with E-state index in [4.69, 9.17) is 9.47 Å². The van der Waals surface area contributed by atoms with E-state index < -0.39 is 5.54 Å². The second kappa shape index (κ2) is 11.4. The van der Waals surface area contributed by atoms with Gasteiger partial charge in [0.15, 0.2) is 0 Å². The molecule has 0 aromatic heterocycles. The molecule has 3 aliphatic heterocycles. The summed E-state index contributed by atoms with van der Waals surface area (Å²) in [4.78, 5) is 23.5. The lowest BCUT2D eigenvalue weighted by Gasteiger charge is -2.45. The van der Waals surface area contributed by atoms with Crippen LogP contribution in [0, 0.1) is 0 Å². The quantitative estimate of drug-likeness (QED) is 0.345. The van der Waals surface area contributed by atoms with Crippen molar-refractivity contribution < 1.29 is 14.3 Å². The number of carbonyl (C=O) groups is 1. The topological polar surface area (TPSA) is 48.5 Å². The molecule has 41 heavy (non-hydrogen) atoms. The fourth-order valence-corrected chi connectivity index (χ4v) is 6.97. The van der Waals surface area contributed by atoms with E-state index >= 15 is 0 Å². The van der Waals surface area contributed by atoms with Crippen molar-refractivity contribution in [1.82, 2.24) is 9.80 Å². The van der Waals surface area contributed by atoms with Crippen molar-refractivity contribution in [3.8, 4) is 11.5 Å². The maximum Gasteiger partial charge on any atom is 0.255 e.